The third-order valence-electron chi connectivity index (χ3n) is 3.25. The first kappa shape index (κ1) is 12.5. The average molecular weight is 240 g/mol. The summed E-state index contributed by atoms with van der Waals surface area (Å²) in [7, 11) is 0. The predicted octanol–water partition coefficient (Wildman–Crippen LogP) is 3.78. The molecule has 0 radical (unpaired) electrons. The second kappa shape index (κ2) is 5.58. The molecular weight excluding hydrogens is 220 g/mol. The van der Waals surface area contributed by atoms with Gasteiger partial charge in [0.2, 0.25) is 0 Å². The zero-order chi connectivity index (χ0) is 13.0. The van der Waals surface area contributed by atoms with Crippen LogP contribution in [0.3, 0.4) is 0 Å². The summed E-state index contributed by atoms with van der Waals surface area (Å²) < 4.78 is 0. The molecule has 0 amide bonds. The van der Waals surface area contributed by atoms with Crippen molar-refractivity contribution in [1.82, 2.24) is 0 Å². The van der Waals surface area contributed by atoms with E-state index in [1.54, 1.807) is 0 Å². The van der Waals surface area contributed by atoms with Crippen LogP contribution in [-0.2, 0) is 0 Å². The number of nitrogens with two attached hydrogens (primary N) is 1. The molecule has 0 aliphatic heterocycles. The number of benzene rings is 2. The Morgan fingerprint density at radius 1 is 0.944 bits per heavy atom. The van der Waals surface area contributed by atoms with Crippen molar-refractivity contribution in [3.8, 4) is 11.1 Å². The number of nitrogen functional groups attached to an aromatic ring is 1. The minimum atomic E-state index is 0.831. The minimum absolute atomic E-state index is 0.831. The van der Waals surface area contributed by atoms with Crippen LogP contribution in [0.4, 0.5) is 11.4 Å². The Balaban J connectivity index is 2.45. The molecule has 0 aliphatic rings. The van der Waals surface area contributed by atoms with Gasteiger partial charge in [-0.1, -0.05) is 30.3 Å². The Bertz CT molecular complexity index is 502. The second-order valence-corrected chi connectivity index (χ2v) is 4.31. The standard InChI is InChI=1S/C16H20N2/c1-3-18(4-2)14-10-11-16(17)15(12-14)13-8-6-5-7-9-13/h5-12H,3-4,17H2,1-2H3. The highest BCUT2D eigenvalue weighted by molar-refractivity contribution is 5.79. The van der Waals surface area contributed by atoms with Crippen molar-refractivity contribution in [3.63, 3.8) is 0 Å². The number of nitrogens with zero attached hydrogens (tertiary/aromatic N) is 1. The Hall–Kier alpha value is -1.96. The van der Waals surface area contributed by atoms with Gasteiger partial charge in [0, 0.05) is 30.0 Å². The van der Waals surface area contributed by atoms with Gasteiger partial charge in [-0.15, -0.1) is 0 Å². The number of rotatable bonds is 4. The van der Waals surface area contributed by atoms with Crippen molar-refractivity contribution in [2.24, 2.45) is 0 Å². The summed E-state index contributed by atoms with van der Waals surface area (Å²) in [5, 5.41) is 0. The van der Waals surface area contributed by atoms with Gasteiger partial charge >= 0.3 is 0 Å². The van der Waals surface area contributed by atoms with E-state index in [-0.39, 0.29) is 0 Å². The molecule has 2 rings (SSSR count). The van der Waals surface area contributed by atoms with Crippen molar-refractivity contribution in [2.45, 2.75) is 13.8 Å². The van der Waals surface area contributed by atoms with Gasteiger partial charge < -0.3 is 10.6 Å². The summed E-state index contributed by atoms with van der Waals surface area (Å²) in [4.78, 5) is 2.33. The molecule has 0 aromatic heterocycles. The minimum Gasteiger partial charge on any atom is -0.398 e. The van der Waals surface area contributed by atoms with E-state index in [2.05, 4.69) is 43.0 Å². The maximum absolute atomic E-state index is 6.09. The SMILES string of the molecule is CCN(CC)c1ccc(N)c(-c2ccccc2)c1. The van der Waals surface area contributed by atoms with Gasteiger partial charge in [0.15, 0.2) is 0 Å². The van der Waals surface area contributed by atoms with E-state index in [9.17, 15) is 0 Å². The highest BCUT2D eigenvalue weighted by atomic mass is 15.1. The summed E-state index contributed by atoms with van der Waals surface area (Å²) in [6, 6.07) is 16.6. The number of anilines is 2. The van der Waals surface area contributed by atoms with Crippen molar-refractivity contribution >= 4 is 11.4 Å². The first-order valence-electron chi connectivity index (χ1n) is 6.46. The molecule has 0 aliphatic carbocycles. The third-order valence-corrected chi connectivity index (χ3v) is 3.25. The second-order valence-electron chi connectivity index (χ2n) is 4.31. The fourth-order valence-corrected chi connectivity index (χ4v) is 2.20. The Kier molecular flexibility index (Phi) is 3.88. The largest absolute Gasteiger partial charge is 0.398 e. The highest BCUT2D eigenvalue weighted by Crippen LogP contribution is 2.30. The maximum atomic E-state index is 6.09. The molecule has 2 N–H and O–H groups in total. The lowest BCUT2D eigenvalue weighted by Gasteiger charge is -2.22. The fourth-order valence-electron chi connectivity index (χ4n) is 2.20. The van der Waals surface area contributed by atoms with Gasteiger partial charge in [0.05, 0.1) is 0 Å². The van der Waals surface area contributed by atoms with Gasteiger partial charge in [0.25, 0.3) is 0 Å². The summed E-state index contributed by atoms with van der Waals surface area (Å²) in [6.07, 6.45) is 0. The lowest BCUT2D eigenvalue weighted by atomic mass is 10.0. The molecule has 0 saturated carbocycles. The molecule has 0 fully saturated rings. The smallest absolute Gasteiger partial charge is 0.0395 e. The molecule has 94 valence electrons. The van der Waals surface area contributed by atoms with Crippen LogP contribution < -0.4 is 10.6 Å². The molecule has 0 saturated heterocycles. The zero-order valence-electron chi connectivity index (χ0n) is 11.1. The van der Waals surface area contributed by atoms with Gasteiger partial charge in [0.1, 0.15) is 0 Å². The first-order valence-corrected chi connectivity index (χ1v) is 6.46. The summed E-state index contributed by atoms with van der Waals surface area (Å²) >= 11 is 0. The highest BCUT2D eigenvalue weighted by Gasteiger charge is 2.07. The van der Waals surface area contributed by atoms with Crippen LogP contribution in [0.1, 0.15) is 13.8 Å². The van der Waals surface area contributed by atoms with Crippen LogP contribution in [0.5, 0.6) is 0 Å². The molecule has 2 heteroatoms. The van der Waals surface area contributed by atoms with E-state index in [4.69, 9.17) is 5.73 Å². The van der Waals surface area contributed by atoms with E-state index >= 15 is 0 Å². The van der Waals surface area contributed by atoms with Gasteiger partial charge in [-0.05, 0) is 37.6 Å². The van der Waals surface area contributed by atoms with Crippen LogP contribution in [0.25, 0.3) is 11.1 Å². The molecule has 0 spiro atoms. The van der Waals surface area contributed by atoms with E-state index in [1.165, 1.54) is 11.3 Å². The molecule has 0 unspecified atom stereocenters. The van der Waals surface area contributed by atoms with Crippen molar-refractivity contribution in [3.05, 3.63) is 48.5 Å². The number of hydrogen-bond donors (Lipinski definition) is 1. The molecule has 2 aromatic rings. The van der Waals surface area contributed by atoms with Gasteiger partial charge in [-0.3, -0.25) is 0 Å². The van der Waals surface area contributed by atoms with Crippen LogP contribution >= 0.6 is 0 Å². The predicted molar refractivity (Wildman–Crippen MR) is 79.9 cm³/mol. The van der Waals surface area contributed by atoms with Gasteiger partial charge in [-0.2, -0.15) is 0 Å². The van der Waals surface area contributed by atoms with E-state index in [0.29, 0.717) is 0 Å². The molecular formula is C16H20N2. The molecule has 0 heterocycles. The van der Waals surface area contributed by atoms with Crippen LogP contribution in [0.2, 0.25) is 0 Å². The van der Waals surface area contributed by atoms with E-state index in [0.717, 1.165) is 24.3 Å². The summed E-state index contributed by atoms with van der Waals surface area (Å²) in [5.41, 5.74) is 10.4. The Labute approximate surface area is 109 Å². The summed E-state index contributed by atoms with van der Waals surface area (Å²) in [5.74, 6) is 0. The lowest BCUT2D eigenvalue weighted by molar-refractivity contribution is 0.867. The first-order chi connectivity index (χ1) is 8.76. The van der Waals surface area contributed by atoms with Crippen molar-refractivity contribution < 1.29 is 0 Å². The van der Waals surface area contributed by atoms with Gasteiger partial charge in [-0.25, -0.2) is 0 Å². The molecule has 0 bridgehead atoms. The van der Waals surface area contributed by atoms with Crippen LogP contribution in [0.15, 0.2) is 48.5 Å². The topological polar surface area (TPSA) is 29.3 Å². The monoisotopic (exact) mass is 240 g/mol. The third kappa shape index (κ3) is 2.48. The maximum Gasteiger partial charge on any atom is 0.0395 e. The Morgan fingerprint density at radius 3 is 2.22 bits per heavy atom. The molecule has 2 aromatic carbocycles. The Morgan fingerprint density at radius 2 is 1.61 bits per heavy atom. The molecule has 2 nitrogen and oxygen atoms in total. The van der Waals surface area contributed by atoms with Crippen LogP contribution in [-0.4, -0.2) is 13.1 Å². The quantitative estimate of drug-likeness (QED) is 0.824. The van der Waals surface area contributed by atoms with E-state index in [1.807, 2.05) is 24.3 Å². The van der Waals surface area contributed by atoms with Crippen molar-refractivity contribution in [1.29, 1.82) is 0 Å². The molecule has 18 heavy (non-hydrogen) atoms. The summed E-state index contributed by atoms with van der Waals surface area (Å²) in [6.45, 7) is 6.35. The van der Waals surface area contributed by atoms with Crippen LogP contribution in [0, 0.1) is 0 Å². The van der Waals surface area contributed by atoms with E-state index < -0.39 is 0 Å². The molecule has 0 atom stereocenters. The normalized spacial score (nSPS) is 10.3. The van der Waals surface area contributed by atoms with Crippen molar-refractivity contribution in [2.75, 3.05) is 23.7 Å². The lowest BCUT2D eigenvalue weighted by Crippen LogP contribution is -2.21. The number of hydrogen-bond acceptors (Lipinski definition) is 2. The average Bonchev–Trinajstić information content (AvgIpc) is 2.43. The fraction of sp³-hybridized carbons (Fsp3) is 0.250. The zero-order valence-corrected chi connectivity index (χ0v) is 11.1.